The molecule has 2 N–H and O–H groups in total. The van der Waals surface area contributed by atoms with Gasteiger partial charge in [0.15, 0.2) is 0 Å². The number of phosphoric ester groups is 1. The summed E-state index contributed by atoms with van der Waals surface area (Å²) in [6.45, 7) is 4.38. The number of aliphatic hydroxyl groups excluding tert-OH is 1. The van der Waals surface area contributed by atoms with Gasteiger partial charge in [0.1, 0.15) is 13.2 Å². The van der Waals surface area contributed by atoms with Crippen LogP contribution in [0.4, 0.5) is 0 Å². The van der Waals surface area contributed by atoms with E-state index >= 15 is 0 Å². The Morgan fingerprint density at radius 3 is 1.29 bits per heavy atom. The molecule has 9 heteroatoms. The van der Waals surface area contributed by atoms with Crippen molar-refractivity contribution in [2.24, 2.45) is 0 Å². The van der Waals surface area contributed by atoms with Crippen molar-refractivity contribution in [1.29, 1.82) is 0 Å². The smallest absolute Gasteiger partial charge is 0.268 e. The van der Waals surface area contributed by atoms with Crippen molar-refractivity contribution >= 4 is 13.7 Å². The van der Waals surface area contributed by atoms with E-state index in [0.717, 1.165) is 19.3 Å². The number of likely N-dealkylation sites (N-methyl/N-ethyl adjacent to an activating group) is 1. The molecule has 0 spiro atoms. The van der Waals surface area contributed by atoms with Crippen LogP contribution in [0.5, 0.6) is 0 Å². The number of nitrogens with zero attached hydrogens (tertiary/aromatic N) is 1. The van der Waals surface area contributed by atoms with Gasteiger partial charge < -0.3 is 28.8 Å². The van der Waals surface area contributed by atoms with Gasteiger partial charge in [-0.25, -0.2) is 0 Å². The van der Waals surface area contributed by atoms with Crippen LogP contribution in [0.15, 0.2) is 0 Å². The fourth-order valence-corrected chi connectivity index (χ4v) is 7.34. The van der Waals surface area contributed by atoms with E-state index in [2.05, 4.69) is 12.2 Å². The number of aliphatic hydroxyl groups is 1. The maximum atomic E-state index is 12.2. The summed E-state index contributed by atoms with van der Waals surface area (Å²) in [7, 11) is 1.31. The maximum absolute atomic E-state index is 12.2. The van der Waals surface area contributed by atoms with E-state index in [9.17, 15) is 19.4 Å². The topological polar surface area (TPSA) is 108 Å². The Kier molecular flexibility index (Phi) is 34.9. The van der Waals surface area contributed by atoms with Crippen LogP contribution >= 0.6 is 7.82 Å². The van der Waals surface area contributed by atoms with Gasteiger partial charge in [-0.3, -0.25) is 9.36 Å². The Morgan fingerprint density at radius 2 is 0.961 bits per heavy atom. The number of quaternary nitrogens is 1. The van der Waals surface area contributed by atoms with E-state index < -0.39 is 20.0 Å². The van der Waals surface area contributed by atoms with Crippen LogP contribution in [0.2, 0.25) is 0 Å². The number of carbonyl (C=O) groups excluding carboxylic acids is 1. The molecule has 0 aliphatic heterocycles. The lowest BCUT2D eigenvalue weighted by Crippen LogP contribution is -2.46. The fraction of sp³-hybridized carbons (Fsp3) is 0.976. The van der Waals surface area contributed by atoms with Crippen LogP contribution in [0.3, 0.4) is 0 Å². The first kappa shape index (κ1) is 50.5. The molecule has 0 rings (SSSR count). The van der Waals surface area contributed by atoms with Gasteiger partial charge in [-0.15, -0.1) is 0 Å². The number of nitrogens with one attached hydrogen (secondary N) is 1. The molecule has 3 atom stereocenters. The second kappa shape index (κ2) is 35.2. The molecule has 3 unspecified atom stereocenters. The third-order valence-electron chi connectivity index (χ3n) is 10.1. The molecule has 0 radical (unpaired) electrons. The molecule has 1 amide bonds. The minimum atomic E-state index is -4.53. The summed E-state index contributed by atoms with van der Waals surface area (Å²) in [4.78, 5) is 24.4. The van der Waals surface area contributed by atoms with Crippen molar-refractivity contribution in [1.82, 2.24) is 5.32 Å². The fourth-order valence-electron chi connectivity index (χ4n) is 6.61. The Labute approximate surface area is 317 Å². The average molecular weight is 747 g/mol. The number of hydrogen-bond donors (Lipinski definition) is 2. The predicted octanol–water partition coefficient (Wildman–Crippen LogP) is 11.2. The van der Waals surface area contributed by atoms with E-state index in [1.54, 1.807) is 0 Å². The lowest BCUT2D eigenvalue weighted by Gasteiger charge is -2.30. The number of phosphoric acid groups is 1. The van der Waals surface area contributed by atoms with Gasteiger partial charge in [0.25, 0.3) is 7.82 Å². The maximum Gasteiger partial charge on any atom is 0.268 e. The molecule has 51 heavy (non-hydrogen) atoms. The summed E-state index contributed by atoms with van der Waals surface area (Å²) in [5.41, 5.74) is 0. The molecule has 0 aromatic rings. The Bertz CT molecular complexity index is 809. The van der Waals surface area contributed by atoms with Crippen LogP contribution in [0, 0.1) is 0 Å². The molecule has 0 heterocycles. The van der Waals surface area contributed by atoms with Gasteiger partial charge in [-0.2, -0.15) is 0 Å². The lowest BCUT2D eigenvalue weighted by atomic mass is 10.0. The molecular weight excluding hydrogens is 659 g/mol. The molecule has 0 saturated carbocycles. The van der Waals surface area contributed by atoms with Crippen molar-refractivity contribution in [3.05, 3.63) is 0 Å². The third kappa shape index (κ3) is 37.6. The van der Waals surface area contributed by atoms with Gasteiger partial charge >= 0.3 is 0 Å². The Hall–Kier alpha value is -0.500. The molecular formula is C42H87N2O6P. The van der Waals surface area contributed by atoms with Crippen molar-refractivity contribution in [2.45, 2.75) is 225 Å². The molecule has 0 saturated heterocycles. The van der Waals surface area contributed by atoms with Crippen molar-refractivity contribution < 1.29 is 32.9 Å². The third-order valence-corrected chi connectivity index (χ3v) is 11.0. The summed E-state index contributed by atoms with van der Waals surface area (Å²) >= 11 is 0. The highest BCUT2D eigenvalue weighted by Gasteiger charge is 2.24. The molecule has 0 aliphatic carbocycles. The summed E-state index contributed by atoms with van der Waals surface area (Å²) in [5.74, 6) is -0.216. The number of unbranched alkanes of at least 4 members (excludes halogenated alkanes) is 27. The SMILES string of the molecule is CCCCCCCCCCCCCCCCCCCCCCCCCCCCCCC(O)C(COP(=O)([O-])OCC[N+](C)(C)C)NC(=O)CCC. The van der Waals surface area contributed by atoms with Crippen molar-refractivity contribution in [2.75, 3.05) is 40.9 Å². The highest BCUT2D eigenvalue weighted by Crippen LogP contribution is 2.38. The second-order valence-electron chi connectivity index (χ2n) is 16.4. The molecule has 0 bridgehead atoms. The highest BCUT2D eigenvalue weighted by atomic mass is 31.2. The summed E-state index contributed by atoms with van der Waals surface area (Å²) in [6.07, 6.45) is 38.6. The monoisotopic (exact) mass is 747 g/mol. The molecule has 8 nitrogen and oxygen atoms in total. The van der Waals surface area contributed by atoms with E-state index in [0.29, 0.717) is 30.3 Å². The zero-order chi connectivity index (χ0) is 37.9. The van der Waals surface area contributed by atoms with E-state index in [-0.39, 0.29) is 19.1 Å². The van der Waals surface area contributed by atoms with Crippen LogP contribution in [0.25, 0.3) is 0 Å². The Morgan fingerprint density at radius 1 is 0.608 bits per heavy atom. The highest BCUT2D eigenvalue weighted by molar-refractivity contribution is 7.45. The predicted molar refractivity (Wildman–Crippen MR) is 215 cm³/mol. The number of carbonyl (C=O) groups is 1. The number of rotatable bonds is 40. The first-order chi connectivity index (χ1) is 24.5. The van der Waals surface area contributed by atoms with Gasteiger partial charge in [0, 0.05) is 6.42 Å². The summed E-state index contributed by atoms with van der Waals surface area (Å²) < 4.78 is 22.8. The first-order valence-corrected chi connectivity index (χ1v) is 23.3. The molecule has 0 aromatic carbocycles. The minimum absolute atomic E-state index is 0.0132. The standard InChI is InChI=1S/C42H87N2O6P/c1-6-8-9-10-11-12-13-14-15-16-17-18-19-20-21-22-23-24-25-26-27-28-29-30-31-32-33-34-36-41(45)40(43-42(46)35-7-2)39-50-51(47,48)49-38-37-44(3,4)5/h40-41,45H,6-39H2,1-5H3,(H-,43,46,47,48). The van der Waals surface area contributed by atoms with Crippen molar-refractivity contribution in [3.63, 3.8) is 0 Å². The van der Waals surface area contributed by atoms with Crippen LogP contribution in [-0.4, -0.2) is 68.5 Å². The molecule has 0 fully saturated rings. The van der Waals surface area contributed by atoms with Crippen molar-refractivity contribution in [3.8, 4) is 0 Å². The van der Waals surface area contributed by atoms with Gasteiger partial charge in [-0.05, 0) is 12.8 Å². The van der Waals surface area contributed by atoms with Crippen LogP contribution in [-0.2, 0) is 18.4 Å². The van der Waals surface area contributed by atoms with Gasteiger partial charge in [0.05, 0.1) is 39.9 Å². The zero-order valence-corrected chi connectivity index (χ0v) is 35.5. The zero-order valence-electron chi connectivity index (χ0n) is 34.6. The van der Waals surface area contributed by atoms with Gasteiger partial charge in [0.2, 0.25) is 5.91 Å². The lowest BCUT2D eigenvalue weighted by molar-refractivity contribution is -0.870. The van der Waals surface area contributed by atoms with Crippen LogP contribution in [0.1, 0.15) is 213 Å². The largest absolute Gasteiger partial charge is 0.756 e. The molecule has 306 valence electrons. The van der Waals surface area contributed by atoms with Crippen LogP contribution < -0.4 is 10.2 Å². The first-order valence-electron chi connectivity index (χ1n) is 21.9. The molecule has 0 aromatic heterocycles. The normalized spacial score (nSPS) is 14.4. The minimum Gasteiger partial charge on any atom is -0.756 e. The number of amides is 1. The second-order valence-corrected chi connectivity index (χ2v) is 17.8. The van der Waals surface area contributed by atoms with Gasteiger partial charge in [-0.1, -0.05) is 194 Å². The quantitative estimate of drug-likeness (QED) is 0.0367. The van der Waals surface area contributed by atoms with E-state index in [1.165, 1.54) is 161 Å². The van der Waals surface area contributed by atoms with E-state index in [1.807, 2.05) is 28.1 Å². The Balaban J connectivity index is 3.69. The molecule has 0 aliphatic rings. The van der Waals surface area contributed by atoms with E-state index in [4.69, 9.17) is 9.05 Å². The average Bonchev–Trinajstić information content (AvgIpc) is 3.07. The summed E-state index contributed by atoms with van der Waals surface area (Å²) in [6, 6.07) is -0.790. The number of hydrogen-bond acceptors (Lipinski definition) is 6. The summed E-state index contributed by atoms with van der Waals surface area (Å²) in [5, 5.41) is 13.5.